The van der Waals surface area contributed by atoms with E-state index in [-0.39, 0.29) is 11.9 Å². The minimum Gasteiger partial charge on any atom is -0.367 e. The number of hydrogen-bond donors (Lipinski definition) is 1. The summed E-state index contributed by atoms with van der Waals surface area (Å²) in [5.74, 6) is 0.0581. The largest absolute Gasteiger partial charge is 0.367 e. The Bertz CT molecular complexity index is 400. The number of aryl methyl sites for hydroxylation is 1. The molecule has 0 amide bonds. The molecule has 1 saturated heterocycles. The van der Waals surface area contributed by atoms with E-state index in [1.54, 1.807) is 0 Å². The lowest BCUT2D eigenvalue weighted by molar-refractivity contribution is 0.0269. The van der Waals surface area contributed by atoms with Crippen LogP contribution in [-0.4, -0.2) is 31.6 Å². The molecule has 1 aromatic rings. The van der Waals surface area contributed by atoms with Crippen LogP contribution in [0.4, 0.5) is 0 Å². The van der Waals surface area contributed by atoms with E-state index < -0.39 is 0 Å². The number of rotatable bonds is 2. The average Bonchev–Trinajstić information content (AvgIpc) is 2.33. The van der Waals surface area contributed by atoms with E-state index in [9.17, 15) is 4.79 Å². The second-order valence-corrected chi connectivity index (χ2v) is 4.75. The molecule has 0 radical (unpaired) electrons. The van der Waals surface area contributed by atoms with Crippen molar-refractivity contribution < 1.29 is 9.53 Å². The second-order valence-electron chi connectivity index (χ2n) is 3.89. The molecule has 4 heteroatoms. The van der Waals surface area contributed by atoms with Gasteiger partial charge in [-0.2, -0.15) is 0 Å². The summed E-state index contributed by atoms with van der Waals surface area (Å²) >= 11 is 3.42. The number of benzene rings is 1. The third-order valence-corrected chi connectivity index (χ3v) is 3.55. The first-order chi connectivity index (χ1) is 7.68. The number of carbonyl (C=O) groups excluding carboxylic acids is 1. The number of morpholine rings is 1. The van der Waals surface area contributed by atoms with E-state index in [1.807, 2.05) is 25.1 Å². The van der Waals surface area contributed by atoms with Gasteiger partial charge < -0.3 is 10.1 Å². The fourth-order valence-corrected chi connectivity index (χ4v) is 1.96. The van der Waals surface area contributed by atoms with Crippen LogP contribution in [0.15, 0.2) is 22.7 Å². The standard InChI is InChI=1S/C12H14BrNO2/c1-8-6-9(2-3-10(8)13)12(15)11-7-14-4-5-16-11/h2-3,6,11,14H,4-5,7H2,1H3. The number of ether oxygens (including phenoxy) is 1. The van der Waals surface area contributed by atoms with E-state index in [1.165, 1.54) is 0 Å². The van der Waals surface area contributed by atoms with E-state index in [0.29, 0.717) is 13.2 Å². The maximum atomic E-state index is 12.1. The van der Waals surface area contributed by atoms with E-state index in [2.05, 4.69) is 21.2 Å². The molecule has 16 heavy (non-hydrogen) atoms. The number of halogens is 1. The average molecular weight is 284 g/mol. The number of hydrogen-bond acceptors (Lipinski definition) is 3. The van der Waals surface area contributed by atoms with Crippen molar-refractivity contribution in [1.82, 2.24) is 5.32 Å². The second kappa shape index (κ2) is 5.08. The Kier molecular flexibility index (Phi) is 3.74. The topological polar surface area (TPSA) is 38.3 Å². The van der Waals surface area contributed by atoms with Gasteiger partial charge in [-0.05, 0) is 24.6 Å². The van der Waals surface area contributed by atoms with Crippen molar-refractivity contribution in [2.75, 3.05) is 19.7 Å². The zero-order valence-electron chi connectivity index (χ0n) is 9.13. The fourth-order valence-electron chi connectivity index (χ4n) is 1.72. The summed E-state index contributed by atoms with van der Waals surface area (Å²) in [5.41, 5.74) is 1.78. The van der Waals surface area contributed by atoms with Crippen molar-refractivity contribution in [1.29, 1.82) is 0 Å². The van der Waals surface area contributed by atoms with Crippen LogP contribution in [0.5, 0.6) is 0 Å². The predicted octanol–water partition coefficient (Wildman–Crippen LogP) is 1.93. The molecule has 1 heterocycles. The van der Waals surface area contributed by atoms with Crippen LogP contribution < -0.4 is 5.32 Å². The molecule has 1 fully saturated rings. The van der Waals surface area contributed by atoms with Gasteiger partial charge in [-0.15, -0.1) is 0 Å². The van der Waals surface area contributed by atoms with Crippen LogP contribution in [-0.2, 0) is 4.74 Å². The Hall–Kier alpha value is -0.710. The van der Waals surface area contributed by atoms with Crippen LogP contribution in [0.25, 0.3) is 0 Å². The molecule has 3 nitrogen and oxygen atoms in total. The monoisotopic (exact) mass is 283 g/mol. The Morgan fingerprint density at radius 2 is 2.38 bits per heavy atom. The lowest BCUT2D eigenvalue weighted by Gasteiger charge is -2.22. The third-order valence-electron chi connectivity index (χ3n) is 2.66. The summed E-state index contributed by atoms with van der Waals surface area (Å²) in [5, 5.41) is 3.16. The van der Waals surface area contributed by atoms with Gasteiger partial charge in [-0.25, -0.2) is 0 Å². The van der Waals surface area contributed by atoms with Gasteiger partial charge in [-0.1, -0.05) is 22.0 Å². The van der Waals surface area contributed by atoms with Gasteiger partial charge in [0.05, 0.1) is 6.61 Å². The molecule has 1 N–H and O–H groups in total. The summed E-state index contributed by atoms with van der Waals surface area (Å²) < 4.78 is 6.46. The van der Waals surface area contributed by atoms with E-state index in [4.69, 9.17) is 4.74 Å². The lowest BCUT2D eigenvalue weighted by Crippen LogP contribution is -2.43. The molecule has 1 aliphatic heterocycles. The van der Waals surface area contributed by atoms with E-state index >= 15 is 0 Å². The van der Waals surface area contributed by atoms with Crippen LogP contribution in [0.2, 0.25) is 0 Å². The normalized spacial score (nSPS) is 20.8. The van der Waals surface area contributed by atoms with Crippen molar-refractivity contribution in [3.8, 4) is 0 Å². The highest BCUT2D eigenvalue weighted by Gasteiger charge is 2.23. The molecule has 0 saturated carbocycles. The summed E-state index contributed by atoms with van der Waals surface area (Å²) in [7, 11) is 0. The minimum atomic E-state index is -0.339. The third kappa shape index (κ3) is 2.51. The quantitative estimate of drug-likeness (QED) is 0.843. The predicted molar refractivity (Wildman–Crippen MR) is 65.8 cm³/mol. The summed E-state index contributed by atoms with van der Waals surface area (Å²) in [4.78, 5) is 12.1. The highest BCUT2D eigenvalue weighted by Crippen LogP contribution is 2.18. The smallest absolute Gasteiger partial charge is 0.192 e. The van der Waals surface area contributed by atoms with Gasteiger partial charge in [0.25, 0.3) is 0 Å². The molecule has 0 aromatic heterocycles. The Labute approximate surface area is 103 Å². The molecule has 86 valence electrons. The first kappa shape index (κ1) is 11.8. The molecule has 1 aliphatic rings. The Balaban J connectivity index is 2.16. The molecule has 1 atom stereocenters. The number of Topliss-reactive ketones (excluding diaryl/α,β-unsaturated/α-hetero) is 1. The van der Waals surface area contributed by atoms with Crippen molar-refractivity contribution in [3.05, 3.63) is 33.8 Å². The Morgan fingerprint density at radius 3 is 3.00 bits per heavy atom. The molecule has 0 bridgehead atoms. The Morgan fingerprint density at radius 1 is 1.56 bits per heavy atom. The van der Waals surface area contributed by atoms with Crippen molar-refractivity contribution in [3.63, 3.8) is 0 Å². The molecule has 0 aliphatic carbocycles. The minimum absolute atomic E-state index is 0.0581. The van der Waals surface area contributed by atoms with Gasteiger partial charge in [0.2, 0.25) is 0 Å². The van der Waals surface area contributed by atoms with Crippen molar-refractivity contribution in [2.45, 2.75) is 13.0 Å². The number of nitrogens with one attached hydrogen (secondary N) is 1. The van der Waals surface area contributed by atoms with Gasteiger partial charge in [0.15, 0.2) is 5.78 Å². The molecular weight excluding hydrogens is 270 g/mol. The highest BCUT2D eigenvalue weighted by atomic mass is 79.9. The van der Waals surface area contributed by atoms with Gasteiger partial charge in [0.1, 0.15) is 6.10 Å². The molecule has 1 unspecified atom stereocenters. The summed E-state index contributed by atoms with van der Waals surface area (Å²) in [6, 6.07) is 5.63. The van der Waals surface area contributed by atoms with Crippen LogP contribution in [0.1, 0.15) is 15.9 Å². The van der Waals surface area contributed by atoms with Gasteiger partial charge >= 0.3 is 0 Å². The molecule has 0 spiro atoms. The SMILES string of the molecule is Cc1cc(C(=O)C2CNCCO2)ccc1Br. The molecular formula is C12H14BrNO2. The number of ketones is 1. The van der Waals surface area contributed by atoms with Crippen LogP contribution >= 0.6 is 15.9 Å². The van der Waals surface area contributed by atoms with E-state index in [0.717, 1.165) is 22.1 Å². The molecule has 1 aromatic carbocycles. The van der Waals surface area contributed by atoms with Gasteiger partial charge in [0, 0.05) is 23.1 Å². The zero-order valence-corrected chi connectivity index (χ0v) is 10.7. The summed E-state index contributed by atoms with van der Waals surface area (Å²) in [6.07, 6.45) is -0.339. The fraction of sp³-hybridized carbons (Fsp3) is 0.417. The van der Waals surface area contributed by atoms with Crippen molar-refractivity contribution >= 4 is 21.7 Å². The number of carbonyl (C=O) groups is 1. The first-order valence-corrected chi connectivity index (χ1v) is 6.10. The molecule has 2 rings (SSSR count). The lowest BCUT2D eigenvalue weighted by atomic mass is 10.0. The zero-order chi connectivity index (χ0) is 11.5. The van der Waals surface area contributed by atoms with Crippen LogP contribution in [0, 0.1) is 6.92 Å². The first-order valence-electron chi connectivity index (χ1n) is 5.31. The van der Waals surface area contributed by atoms with Crippen molar-refractivity contribution in [2.24, 2.45) is 0 Å². The van der Waals surface area contributed by atoms with Gasteiger partial charge in [-0.3, -0.25) is 4.79 Å². The maximum Gasteiger partial charge on any atom is 0.192 e. The highest BCUT2D eigenvalue weighted by molar-refractivity contribution is 9.10. The maximum absolute atomic E-state index is 12.1. The van der Waals surface area contributed by atoms with Crippen LogP contribution in [0.3, 0.4) is 0 Å². The summed E-state index contributed by atoms with van der Waals surface area (Å²) in [6.45, 7) is 4.00.